The fraction of sp³-hybridized carbons (Fsp3) is 0.286. The van der Waals surface area contributed by atoms with Crippen molar-refractivity contribution >= 4 is 6.08 Å². The number of phenols is 1. The van der Waals surface area contributed by atoms with Gasteiger partial charge >= 0.3 is 0 Å². The lowest BCUT2D eigenvalue weighted by Crippen LogP contribution is -1.92. The maximum Gasteiger partial charge on any atom is 0.130 e. The van der Waals surface area contributed by atoms with Crippen molar-refractivity contribution in [3.8, 4) is 17.9 Å². The Morgan fingerprint density at radius 2 is 2.06 bits per heavy atom. The number of hydrogen-bond donors (Lipinski definition) is 1. The smallest absolute Gasteiger partial charge is 0.130 e. The maximum atomic E-state index is 9.67. The summed E-state index contributed by atoms with van der Waals surface area (Å²) in [4.78, 5) is 0. The van der Waals surface area contributed by atoms with Crippen LogP contribution in [-0.4, -0.2) is 5.11 Å². The molecular weight excluding hydrogens is 212 g/mol. The predicted molar refractivity (Wildman–Crippen MR) is 66.0 cm³/mol. The van der Waals surface area contributed by atoms with Crippen LogP contribution < -0.4 is 0 Å². The Bertz CT molecular complexity index is 502. The van der Waals surface area contributed by atoms with Gasteiger partial charge in [-0.2, -0.15) is 10.5 Å². The highest BCUT2D eigenvalue weighted by atomic mass is 16.3. The summed E-state index contributed by atoms with van der Waals surface area (Å²) in [7, 11) is 0. The van der Waals surface area contributed by atoms with Crippen LogP contribution in [0.1, 0.15) is 37.3 Å². The van der Waals surface area contributed by atoms with Crippen LogP contribution in [0.15, 0.2) is 23.8 Å². The highest BCUT2D eigenvalue weighted by Gasteiger charge is 2.07. The van der Waals surface area contributed by atoms with Crippen molar-refractivity contribution < 1.29 is 5.11 Å². The van der Waals surface area contributed by atoms with Gasteiger partial charge in [0.2, 0.25) is 0 Å². The van der Waals surface area contributed by atoms with Gasteiger partial charge in [-0.05, 0) is 36.1 Å². The van der Waals surface area contributed by atoms with Crippen molar-refractivity contribution in [1.29, 1.82) is 10.5 Å². The van der Waals surface area contributed by atoms with Gasteiger partial charge in [0.1, 0.15) is 23.5 Å². The lowest BCUT2D eigenvalue weighted by molar-refractivity contribution is 0.473. The number of nitrogens with zero attached hydrogens (tertiary/aromatic N) is 2. The minimum Gasteiger partial charge on any atom is -0.507 e. The summed E-state index contributed by atoms with van der Waals surface area (Å²) in [5, 5.41) is 27.0. The fourth-order valence-corrected chi connectivity index (χ4v) is 1.48. The Morgan fingerprint density at radius 1 is 1.41 bits per heavy atom. The van der Waals surface area contributed by atoms with Gasteiger partial charge in [0, 0.05) is 5.56 Å². The summed E-state index contributed by atoms with van der Waals surface area (Å²) in [5.41, 5.74) is 1.59. The predicted octanol–water partition coefficient (Wildman–Crippen LogP) is 3.34. The summed E-state index contributed by atoms with van der Waals surface area (Å²) < 4.78 is 0. The van der Waals surface area contributed by atoms with Crippen molar-refractivity contribution in [3.05, 3.63) is 34.9 Å². The van der Waals surface area contributed by atoms with Crippen LogP contribution in [0.2, 0.25) is 0 Å². The lowest BCUT2D eigenvalue weighted by Gasteiger charge is -2.10. The molecule has 1 rings (SSSR count). The minimum absolute atomic E-state index is 0.0124. The molecule has 0 fully saturated rings. The Labute approximate surface area is 101 Å². The molecule has 86 valence electrons. The number of hydrogen-bond acceptors (Lipinski definition) is 3. The summed E-state index contributed by atoms with van der Waals surface area (Å²) in [6.07, 6.45) is 2.40. The van der Waals surface area contributed by atoms with Crippen molar-refractivity contribution in [2.75, 3.05) is 0 Å². The standard InChI is InChI=1S/C14H14N2O/c1-3-10(2)12-4-5-14(17)13(7-12)6-11(8-15)9-16/h4-7,10,17H,3H2,1-2H3. The highest BCUT2D eigenvalue weighted by Crippen LogP contribution is 2.26. The third-order valence-corrected chi connectivity index (χ3v) is 2.77. The van der Waals surface area contributed by atoms with E-state index < -0.39 is 0 Å². The SMILES string of the molecule is CCC(C)c1ccc(O)c(C=C(C#N)C#N)c1. The van der Waals surface area contributed by atoms with E-state index in [1.165, 1.54) is 6.08 Å². The Kier molecular flexibility index (Phi) is 4.31. The van der Waals surface area contributed by atoms with Gasteiger partial charge < -0.3 is 5.11 Å². The quantitative estimate of drug-likeness (QED) is 0.804. The Hall–Kier alpha value is -2.26. The minimum atomic E-state index is -0.0124. The second-order valence-electron chi connectivity index (χ2n) is 3.91. The molecule has 0 radical (unpaired) electrons. The van der Waals surface area contributed by atoms with Gasteiger partial charge in [-0.25, -0.2) is 0 Å². The zero-order valence-corrected chi connectivity index (χ0v) is 9.94. The maximum absolute atomic E-state index is 9.67. The van der Waals surface area contributed by atoms with Gasteiger partial charge in [-0.15, -0.1) is 0 Å². The normalized spacial score (nSPS) is 11.1. The molecule has 3 heteroatoms. The van der Waals surface area contributed by atoms with Crippen molar-refractivity contribution in [2.45, 2.75) is 26.2 Å². The van der Waals surface area contributed by atoms with E-state index >= 15 is 0 Å². The number of nitriles is 2. The lowest BCUT2D eigenvalue weighted by atomic mass is 9.96. The summed E-state index contributed by atoms with van der Waals surface area (Å²) in [5.74, 6) is 0.468. The summed E-state index contributed by atoms with van der Waals surface area (Å²) in [6, 6.07) is 8.83. The molecule has 0 saturated heterocycles. The number of phenolic OH excluding ortho intramolecular Hbond substituents is 1. The number of allylic oxidation sites excluding steroid dienone is 1. The summed E-state index contributed by atoms with van der Waals surface area (Å²) >= 11 is 0. The Morgan fingerprint density at radius 3 is 2.59 bits per heavy atom. The van der Waals surface area contributed by atoms with E-state index in [2.05, 4.69) is 13.8 Å². The highest BCUT2D eigenvalue weighted by molar-refractivity contribution is 5.66. The van der Waals surface area contributed by atoms with E-state index in [-0.39, 0.29) is 11.3 Å². The molecule has 0 heterocycles. The van der Waals surface area contributed by atoms with Crippen molar-refractivity contribution in [2.24, 2.45) is 0 Å². The second kappa shape index (κ2) is 5.72. The zero-order valence-electron chi connectivity index (χ0n) is 9.94. The summed E-state index contributed by atoms with van der Waals surface area (Å²) in [6.45, 7) is 4.18. The third kappa shape index (κ3) is 3.09. The molecule has 0 spiro atoms. The molecule has 0 aromatic heterocycles. The molecule has 1 aromatic carbocycles. The number of benzene rings is 1. The molecule has 0 aliphatic rings. The monoisotopic (exact) mass is 226 g/mol. The zero-order chi connectivity index (χ0) is 12.8. The molecule has 1 aromatic rings. The Balaban J connectivity index is 3.22. The van der Waals surface area contributed by atoms with Crippen LogP contribution in [0.4, 0.5) is 0 Å². The van der Waals surface area contributed by atoms with Crippen LogP contribution in [-0.2, 0) is 0 Å². The molecule has 0 bridgehead atoms. The fourth-order valence-electron chi connectivity index (χ4n) is 1.48. The first-order valence-electron chi connectivity index (χ1n) is 5.47. The van der Waals surface area contributed by atoms with E-state index in [0.717, 1.165) is 12.0 Å². The molecular formula is C14H14N2O. The largest absolute Gasteiger partial charge is 0.507 e. The van der Waals surface area contributed by atoms with E-state index in [1.54, 1.807) is 18.2 Å². The van der Waals surface area contributed by atoms with Gasteiger partial charge in [0.25, 0.3) is 0 Å². The van der Waals surface area contributed by atoms with Crippen LogP contribution in [0, 0.1) is 22.7 Å². The molecule has 0 saturated carbocycles. The van der Waals surface area contributed by atoms with Gasteiger partial charge in [-0.1, -0.05) is 19.9 Å². The topological polar surface area (TPSA) is 67.8 Å². The molecule has 0 aliphatic carbocycles. The van der Waals surface area contributed by atoms with Crippen molar-refractivity contribution in [1.82, 2.24) is 0 Å². The van der Waals surface area contributed by atoms with Gasteiger partial charge in [0.05, 0.1) is 0 Å². The van der Waals surface area contributed by atoms with Crippen LogP contribution in [0.25, 0.3) is 6.08 Å². The van der Waals surface area contributed by atoms with E-state index in [0.29, 0.717) is 11.5 Å². The molecule has 1 unspecified atom stereocenters. The average molecular weight is 226 g/mol. The molecule has 1 N–H and O–H groups in total. The van der Waals surface area contributed by atoms with Crippen LogP contribution in [0.5, 0.6) is 5.75 Å². The molecule has 3 nitrogen and oxygen atoms in total. The van der Waals surface area contributed by atoms with E-state index in [1.807, 2.05) is 12.1 Å². The molecule has 17 heavy (non-hydrogen) atoms. The number of aromatic hydroxyl groups is 1. The molecule has 0 aliphatic heterocycles. The van der Waals surface area contributed by atoms with Crippen LogP contribution >= 0.6 is 0 Å². The van der Waals surface area contributed by atoms with E-state index in [9.17, 15) is 5.11 Å². The van der Waals surface area contributed by atoms with E-state index in [4.69, 9.17) is 10.5 Å². The third-order valence-electron chi connectivity index (χ3n) is 2.77. The first-order chi connectivity index (χ1) is 8.12. The first-order valence-corrected chi connectivity index (χ1v) is 5.47. The van der Waals surface area contributed by atoms with Crippen molar-refractivity contribution in [3.63, 3.8) is 0 Å². The number of rotatable bonds is 3. The molecule has 1 atom stereocenters. The first kappa shape index (κ1) is 12.8. The average Bonchev–Trinajstić information content (AvgIpc) is 2.36. The second-order valence-corrected chi connectivity index (χ2v) is 3.91. The van der Waals surface area contributed by atoms with Gasteiger partial charge in [0.15, 0.2) is 0 Å². The van der Waals surface area contributed by atoms with Crippen LogP contribution in [0.3, 0.4) is 0 Å². The molecule has 0 amide bonds. The van der Waals surface area contributed by atoms with Gasteiger partial charge in [-0.3, -0.25) is 0 Å².